The van der Waals surface area contributed by atoms with Crippen molar-refractivity contribution in [3.63, 3.8) is 0 Å². The first-order valence-electron chi connectivity index (χ1n) is 9.59. The van der Waals surface area contributed by atoms with Crippen molar-refractivity contribution in [2.75, 3.05) is 7.11 Å². The van der Waals surface area contributed by atoms with Crippen LogP contribution in [0.25, 0.3) is 27.0 Å². The molecule has 0 unspecified atom stereocenters. The zero-order valence-corrected chi connectivity index (χ0v) is 18.2. The number of aromatic nitrogens is 4. The van der Waals surface area contributed by atoms with Gasteiger partial charge in [-0.2, -0.15) is 0 Å². The van der Waals surface area contributed by atoms with E-state index in [-0.39, 0.29) is 5.56 Å². The van der Waals surface area contributed by atoms with Crippen molar-refractivity contribution in [1.82, 2.24) is 19.5 Å². The van der Waals surface area contributed by atoms with Crippen molar-refractivity contribution >= 4 is 33.3 Å². The van der Waals surface area contributed by atoms with Crippen molar-refractivity contribution in [3.05, 3.63) is 88.5 Å². The summed E-state index contributed by atoms with van der Waals surface area (Å²) in [6.45, 7) is 0. The minimum Gasteiger partial charge on any atom is -0.497 e. The van der Waals surface area contributed by atoms with Gasteiger partial charge in [0.15, 0.2) is 5.16 Å². The Morgan fingerprint density at radius 1 is 1.16 bits per heavy atom. The monoisotopic (exact) mass is 446 g/mol. The van der Waals surface area contributed by atoms with Crippen molar-refractivity contribution in [1.29, 1.82) is 0 Å². The second kappa shape index (κ2) is 8.41. The van der Waals surface area contributed by atoms with Crippen LogP contribution < -0.4 is 10.3 Å². The fraction of sp³-hybridized carbons (Fsp3) is 0.0870. The van der Waals surface area contributed by atoms with Gasteiger partial charge >= 0.3 is 0 Å². The second-order valence-electron chi connectivity index (χ2n) is 6.78. The maximum atomic E-state index is 12.8. The van der Waals surface area contributed by atoms with Gasteiger partial charge < -0.3 is 9.72 Å². The van der Waals surface area contributed by atoms with Crippen LogP contribution in [0, 0.1) is 0 Å². The average Bonchev–Trinajstić information content (AvgIpc) is 3.46. The second-order valence-corrected chi connectivity index (χ2v) is 8.58. The van der Waals surface area contributed by atoms with Crippen molar-refractivity contribution in [3.8, 4) is 22.6 Å². The molecular formula is C23H18N4O2S2. The van der Waals surface area contributed by atoms with Crippen LogP contribution in [0.15, 0.2) is 82.3 Å². The number of thiophene rings is 1. The molecule has 0 aliphatic rings. The lowest BCUT2D eigenvalue weighted by atomic mass is 10.1. The molecule has 0 saturated heterocycles. The quantitative estimate of drug-likeness (QED) is 0.366. The highest BCUT2D eigenvalue weighted by Gasteiger charge is 2.14. The molecule has 0 aliphatic carbocycles. The number of ether oxygens (including phenoxy) is 1. The number of methoxy groups -OCH3 is 1. The summed E-state index contributed by atoms with van der Waals surface area (Å²) in [6.07, 6.45) is 3.66. The Hall–Kier alpha value is -3.36. The SMILES string of the molecule is COc1cccc(-n2ccnc2SCc2nc3scc(-c4ccccc4)c3c(=O)[nH]2)c1. The molecule has 0 aliphatic heterocycles. The number of benzene rings is 2. The molecule has 2 aromatic carbocycles. The first-order chi connectivity index (χ1) is 15.2. The van der Waals surface area contributed by atoms with Crippen LogP contribution in [0.4, 0.5) is 0 Å². The van der Waals surface area contributed by atoms with E-state index in [9.17, 15) is 4.79 Å². The highest BCUT2D eigenvalue weighted by Crippen LogP contribution is 2.31. The number of aromatic amines is 1. The molecular weight excluding hydrogens is 428 g/mol. The number of imidazole rings is 1. The first kappa shape index (κ1) is 19.6. The van der Waals surface area contributed by atoms with Crippen LogP contribution in [0.3, 0.4) is 0 Å². The number of nitrogens with one attached hydrogen (secondary N) is 1. The van der Waals surface area contributed by atoms with Crippen LogP contribution in [0.2, 0.25) is 0 Å². The maximum absolute atomic E-state index is 12.8. The summed E-state index contributed by atoms with van der Waals surface area (Å²) in [6, 6.07) is 17.7. The summed E-state index contributed by atoms with van der Waals surface area (Å²) >= 11 is 3.01. The van der Waals surface area contributed by atoms with Crippen LogP contribution in [0.5, 0.6) is 5.75 Å². The lowest BCUT2D eigenvalue weighted by Crippen LogP contribution is -2.11. The summed E-state index contributed by atoms with van der Waals surface area (Å²) in [5.74, 6) is 1.92. The van der Waals surface area contributed by atoms with E-state index in [0.29, 0.717) is 17.0 Å². The zero-order chi connectivity index (χ0) is 21.2. The van der Waals surface area contributed by atoms with Gasteiger partial charge in [0.25, 0.3) is 5.56 Å². The molecule has 0 radical (unpaired) electrons. The topological polar surface area (TPSA) is 72.8 Å². The van der Waals surface area contributed by atoms with Crippen LogP contribution in [0.1, 0.15) is 5.82 Å². The standard InChI is InChI=1S/C23H18N4O2S2/c1-29-17-9-5-8-16(12-17)27-11-10-24-23(27)31-14-19-25-21(28)20-18(13-30-22(20)26-19)15-6-3-2-4-7-15/h2-13H,14H2,1H3,(H,25,26,28). The molecule has 0 spiro atoms. The molecule has 3 heterocycles. The molecule has 31 heavy (non-hydrogen) atoms. The molecule has 1 N–H and O–H groups in total. The van der Waals surface area contributed by atoms with E-state index in [4.69, 9.17) is 9.72 Å². The third-order valence-electron chi connectivity index (χ3n) is 4.85. The number of hydrogen-bond acceptors (Lipinski definition) is 6. The first-order valence-corrected chi connectivity index (χ1v) is 11.5. The number of hydrogen-bond donors (Lipinski definition) is 1. The van der Waals surface area contributed by atoms with Gasteiger partial charge in [-0.05, 0) is 17.7 Å². The Morgan fingerprint density at radius 3 is 2.87 bits per heavy atom. The van der Waals surface area contributed by atoms with Crippen LogP contribution >= 0.6 is 23.1 Å². The Kier molecular flexibility index (Phi) is 5.31. The fourth-order valence-corrected chi connectivity index (χ4v) is 5.19. The summed E-state index contributed by atoms with van der Waals surface area (Å²) in [5.41, 5.74) is 2.78. The number of nitrogens with zero attached hydrogens (tertiary/aromatic N) is 3. The zero-order valence-electron chi connectivity index (χ0n) is 16.6. The Balaban J connectivity index is 1.42. The predicted molar refractivity (Wildman–Crippen MR) is 125 cm³/mol. The van der Waals surface area contributed by atoms with Crippen LogP contribution in [-0.4, -0.2) is 26.6 Å². The van der Waals surface area contributed by atoms with Gasteiger partial charge in [0.2, 0.25) is 0 Å². The van der Waals surface area contributed by atoms with E-state index in [1.807, 2.05) is 70.7 Å². The molecule has 8 heteroatoms. The number of thioether (sulfide) groups is 1. The molecule has 5 aromatic rings. The number of H-pyrrole nitrogens is 1. The van der Waals surface area contributed by atoms with Crippen molar-refractivity contribution in [2.45, 2.75) is 10.9 Å². The summed E-state index contributed by atoms with van der Waals surface area (Å²) in [7, 11) is 1.65. The Morgan fingerprint density at radius 2 is 2.03 bits per heavy atom. The van der Waals surface area contributed by atoms with E-state index >= 15 is 0 Å². The molecule has 6 nitrogen and oxygen atoms in total. The molecule has 0 atom stereocenters. The minimum absolute atomic E-state index is 0.114. The van der Waals surface area contributed by atoms with Gasteiger partial charge in [-0.25, -0.2) is 9.97 Å². The average molecular weight is 447 g/mol. The van der Waals surface area contributed by atoms with E-state index in [1.165, 1.54) is 23.1 Å². The van der Waals surface area contributed by atoms with Gasteiger partial charge in [0.05, 0.1) is 23.9 Å². The van der Waals surface area contributed by atoms with Gasteiger partial charge in [-0.1, -0.05) is 48.2 Å². The fourth-order valence-electron chi connectivity index (χ4n) is 3.38. The number of rotatable bonds is 6. The lowest BCUT2D eigenvalue weighted by molar-refractivity contribution is 0.414. The van der Waals surface area contributed by atoms with E-state index in [1.54, 1.807) is 13.3 Å². The van der Waals surface area contributed by atoms with Crippen LogP contribution in [-0.2, 0) is 5.75 Å². The lowest BCUT2D eigenvalue weighted by Gasteiger charge is -2.09. The van der Waals surface area contributed by atoms with Crippen molar-refractivity contribution < 1.29 is 4.74 Å². The summed E-state index contributed by atoms with van der Waals surface area (Å²) < 4.78 is 7.31. The third-order valence-corrected chi connectivity index (χ3v) is 6.70. The van der Waals surface area contributed by atoms with Gasteiger partial charge in [0, 0.05) is 29.4 Å². The van der Waals surface area contributed by atoms with Gasteiger partial charge in [0.1, 0.15) is 16.4 Å². The number of fused-ring (bicyclic) bond motifs is 1. The highest BCUT2D eigenvalue weighted by atomic mass is 32.2. The molecule has 0 amide bonds. The Labute approximate surface area is 186 Å². The van der Waals surface area contributed by atoms with Crippen molar-refractivity contribution in [2.24, 2.45) is 0 Å². The van der Waals surface area contributed by atoms with E-state index in [0.717, 1.165) is 32.6 Å². The highest BCUT2D eigenvalue weighted by molar-refractivity contribution is 7.98. The maximum Gasteiger partial charge on any atom is 0.260 e. The van der Waals surface area contributed by atoms with Gasteiger partial charge in [-0.3, -0.25) is 9.36 Å². The molecule has 0 saturated carbocycles. The van der Waals surface area contributed by atoms with Gasteiger partial charge in [-0.15, -0.1) is 11.3 Å². The largest absolute Gasteiger partial charge is 0.497 e. The summed E-state index contributed by atoms with van der Waals surface area (Å²) in [4.78, 5) is 25.7. The molecule has 0 fully saturated rings. The predicted octanol–water partition coefficient (Wildman–Crippen LogP) is 5.14. The third kappa shape index (κ3) is 3.87. The molecule has 3 aromatic heterocycles. The molecule has 0 bridgehead atoms. The minimum atomic E-state index is -0.114. The normalized spacial score (nSPS) is 11.1. The Bertz CT molecular complexity index is 1410. The molecule has 154 valence electrons. The van der Waals surface area contributed by atoms with E-state index in [2.05, 4.69) is 9.97 Å². The van der Waals surface area contributed by atoms with E-state index < -0.39 is 0 Å². The summed E-state index contributed by atoms with van der Waals surface area (Å²) in [5, 5.41) is 3.45. The smallest absolute Gasteiger partial charge is 0.260 e. The molecule has 5 rings (SSSR count).